The maximum absolute atomic E-state index is 15.0. The number of aryl methyl sites for hydroxylation is 1. The van der Waals surface area contributed by atoms with E-state index >= 15 is 4.39 Å². The Morgan fingerprint density at radius 2 is 1.97 bits per heavy atom. The number of amides is 1. The minimum Gasteiger partial charge on any atom is -0.370 e. The highest BCUT2D eigenvalue weighted by molar-refractivity contribution is 6.00. The minimum atomic E-state index is -0.582. The van der Waals surface area contributed by atoms with Crippen LogP contribution in [0.4, 0.5) is 4.39 Å². The highest BCUT2D eigenvalue weighted by atomic mass is 19.1. The van der Waals surface area contributed by atoms with Gasteiger partial charge in [0.1, 0.15) is 12.1 Å². The van der Waals surface area contributed by atoms with Crippen molar-refractivity contribution in [3.63, 3.8) is 0 Å². The van der Waals surface area contributed by atoms with Crippen molar-refractivity contribution in [2.24, 2.45) is 5.73 Å². The molecule has 9 heteroatoms. The molecule has 0 bridgehead atoms. The monoisotopic (exact) mass is 407 g/mol. The molecular formula is C21H18FN5O3. The number of halogens is 1. The average molecular weight is 407 g/mol. The van der Waals surface area contributed by atoms with Crippen molar-refractivity contribution in [1.82, 2.24) is 19.6 Å². The number of hydrogen-bond donors (Lipinski definition) is 1. The number of nitrogens with zero attached hydrogens (tertiary/aromatic N) is 4. The lowest BCUT2D eigenvalue weighted by Crippen LogP contribution is -2.17. The molecule has 0 aliphatic rings. The van der Waals surface area contributed by atoms with Crippen LogP contribution < -0.4 is 5.73 Å². The number of aromatic nitrogens is 4. The second kappa shape index (κ2) is 7.51. The number of carbonyl (C=O) groups is 3. The lowest BCUT2D eigenvalue weighted by Gasteiger charge is -2.08. The Balaban J connectivity index is 1.88. The first-order valence-corrected chi connectivity index (χ1v) is 9.29. The zero-order valence-electron chi connectivity index (χ0n) is 16.1. The van der Waals surface area contributed by atoms with Crippen LogP contribution in [0.25, 0.3) is 32.9 Å². The van der Waals surface area contributed by atoms with Crippen LogP contribution in [-0.4, -0.2) is 37.7 Å². The Kier molecular flexibility index (Phi) is 4.86. The second-order valence-corrected chi connectivity index (χ2v) is 6.94. The van der Waals surface area contributed by atoms with Crippen molar-refractivity contribution in [2.45, 2.75) is 26.3 Å². The topological polar surface area (TPSA) is 113 Å². The largest absolute Gasteiger partial charge is 0.370 e. The van der Waals surface area contributed by atoms with Gasteiger partial charge in [-0.25, -0.2) is 9.07 Å². The molecule has 0 atom stereocenters. The molecule has 30 heavy (non-hydrogen) atoms. The van der Waals surface area contributed by atoms with Gasteiger partial charge in [0.25, 0.3) is 0 Å². The summed E-state index contributed by atoms with van der Waals surface area (Å²) in [5.74, 6) is -1.46. The third-order valence-electron chi connectivity index (χ3n) is 4.97. The van der Waals surface area contributed by atoms with Gasteiger partial charge in [0, 0.05) is 29.2 Å². The maximum Gasteiger partial charge on any atom is 0.247 e. The number of carbonyl (C=O) groups excluding carboxylic acids is 3. The summed E-state index contributed by atoms with van der Waals surface area (Å²) < 4.78 is 17.7. The van der Waals surface area contributed by atoms with Gasteiger partial charge in [-0.05, 0) is 30.7 Å². The Morgan fingerprint density at radius 1 is 1.17 bits per heavy atom. The van der Waals surface area contributed by atoms with E-state index in [4.69, 9.17) is 5.73 Å². The van der Waals surface area contributed by atoms with E-state index in [0.29, 0.717) is 27.7 Å². The third-order valence-corrected chi connectivity index (χ3v) is 4.97. The number of hydrogen-bond acceptors (Lipinski definition) is 5. The minimum absolute atomic E-state index is 0.0913. The summed E-state index contributed by atoms with van der Waals surface area (Å²) in [5.41, 5.74) is 7.79. The van der Waals surface area contributed by atoms with E-state index in [0.717, 1.165) is 16.4 Å². The smallest absolute Gasteiger partial charge is 0.247 e. The summed E-state index contributed by atoms with van der Waals surface area (Å²) in [7, 11) is 0. The van der Waals surface area contributed by atoms with Crippen molar-refractivity contribution < 1.29 is 18.8 Å². The summed E-state index contributed by atoms with van der Waals surface area (Å²) in [6.45, 7) is 1.89. The quantitative estimate of drug-likeness (QED) is 0.494. The van der Waals surface area contributed by atoms with Crippen molar-refractivity contribution in [3.8, 4) is 11.1 Å². The third kappa shape index (κ3) is 3.24. The first kappa shape index (κ1) is 19.4. The molecule has 4 rings (SSSR count). The van der Waals surface area contributed by atoms with Crippen molar-refractivity contribution >= 4 is 39.9 Å². The highest BCUT2D eigenvalue weighted by Gasteiger charge is 2.19. The van der Waals surface area contributed by atoms with Crippen LogP contribution in [-0.2, 0) is 16.1 Å². The summed E-state index contributed by atoms with van der Waals surface area (Å²) in [6, 6.07) is 8.22. The molecule has 2 heterocycles. The van der Waals surface area contributed by atoms with Gasteiger partial charge in [0.2, 0.25) is 11.8 Å². The van der Waals surface area contributed by atoms with Crippen molar-refractivity contribution in [3.05, 3.63) is 48.0 Å². The van der Waals surface area contributed by atoms with Crippen LogP contribution in [0, 0.1) is 12.7 Å². The fourth-order valence-electron chi connectivity index (χ4n) is 3.64. The molecule has 0 aliphatic heterocycles. The van der Waals surface area contributed by atoms with E-state index in [-0.39, 0.29) is 24.9 Å². The van der Waals surface area contributed by atoms with E-state index < -0.39 is 17.6 Å². The Bertz CT molecular complexity index is 1320. The molecule has 0 saturated heterocycles. The molecular weight excluding hydrogens is 389 g/mol. The summed E-state index contributed by atoms with van der Waals surface area (Å²) in [4.78, 5) is 34.4. The summed E-state index contributed by atoms with van der Waals surface area (Å²) in [6.07, 6.45) is 1.97. The van der Waals surface area contributed by atoms with Gasteiger partial charge in [-0.1, -0.05) is 12.1 Å². The number of fused-ring (bicyclic) bond motifs is 2. The second-order valence-electron chi connectivity index (χ2n) is 6.94. The first-order chi connectivity index (χ1) is 14.4. The lowest BCUT2D eigenvalue weighted by molar-refractivity contribution is -0.118. The molecule has 8 nitrogen and oxygen atoms in total. The van der Waals surface area contributed by atoms with Gasteiger partial charge in [-0.3, -0.25) is 14.3 Å². The van der Waals surface area contributed by atoms with Crippen LogP contribution in [0.3, 0.4) is 0 Å². The number of aldehydes is 1. The molecule has 152 valence electrons. The number of primary amides is 1. The Hall–Kier alpha value is -3.88. The molecule has 0 fully saturated rings. The van der Waals surface area contributed by atoms with Gasteiger partial charge < -0.3 is 10.5 Å². The Morgan fingerprint density at radius 3 is 2.70 bits per heavy atom. The Labute approximate surface area is 170 Å². The number of nitrogens with two attached hydrogens (primary N) is 1. The summed E-state index contributed by atoms with van der Waals surface area (Å²) >= 11 is 0. The normalized spacial score (nSPS) is 11.3. The summed E-state index contributed by atoms with van der Waals surface area (Å²) in [5, 5.41) is 9.62. The van der Waals surface area contributed by atoms with E-state index in [9.17, 15) is 14.4 Å². The van der Waals surface area contributed by atoms with Crippen LogP contribution in [0.5, 0.6) is 0 Å². The van der Waals surface area contributed by atoms with Crippen LogP contribution in [0.2, 0.25) is 0 Å². The van der Waals surface area contributed by atoms with E-state index in [1.165, 1.54) is 12.3 Å². The van der Waals surface area contributed by atoms with Crippen molar-refractivity contribution in [1.29, 1.82) is 0 Å². The standard InChI is InChI=1S/C21H18FN5O3/c1-12-21-14(3-2-4-17(21)26(25-12)7-8-28)15-10-18-13(9-16(15)22)11-24-27(18)20(30)6-5-19(23)29/h2-4,8-11H,5-7H2,1H3,(H2,23,29). The molecule has 0 unspecified atom stereocenters. The fraction of sp³-hybridized carbons (Fsp3) is 0.190. The molecule has 4 aromatic rings. The van der Waals surface area contributed by atoms with E-state index in [2.05, 4.69) is 10.2 Å². The molecule has 2 aromatic carbocycles. The van der Waals surface area contributed by atoms with E-state index in [1.807, 2.05) is 6.07 Å². The first-order valence-electron chi connectivity index (χ1n) is 9.29. The molecule has 0 spiro atoms. The predicted octanol–water partition coefficient (Wildman–Crippen LogP) is 2.61. The molecule has 2 N–H and O–H groups in total. The zero-order valence-corrected chi connectivity index (χ0v) is 16.1. The van der Waals surface area contributed by atoms with Crippen molar-refractivity contribution in [2.75, 3.05) is 0 Å². The highest BCUT2D eigenvalue weighted by Crippen LogP contribution is 2.34. The van der Waals surface area contributed by atoms with Gasteiger partial charge in [-0.2, -0.15) is 10.2 Å². The number of rotatable bonds is 6. The average Bonchev–Trinajstić information content (AvgIpc) is 3.26. The molecule has 1 amide bonds. The van der Waals surface area contributed by atoms with Crippen LogP contribution in [0.15, 0.2) is 36.5 Å². The van der Waals surface area contributed by atoms with Gasteiger partial charge in [0.15, 0.2) is 0 Å². The zero-order chi connectivity index (χ0) is 21.4. The molecule has 0 aliphatic carbocycles. The van der Waals surface area contributed by atoms with E-state index in [1.54, 1.807) is 29.8 Å². The van der Waals surface area contributed by atoms with Gasteiger partial charge >= 0.3 is 0 Å². The van der Waals surface area contributed by atoms with Crippen LogP contribution in [0.1, 0.15) is 23.3 Å². The fourth-order valence-corrected chi connectivity index (χ4v) is 3.64. The number of benzene rings is 2. The van der Waals surface area contributed by atoms with Crippen LogP contribution >= 0.6 is 0 Å². The van der Waals surface area contributed by atoms with Gasteiger partial charge in [0.05, 0.1) is 29.5 Å². The van der Waals surface area contributed by atoms with Gasteiger partial charge in [-0.15, -0.1) is 0 Å². The molecule has 0 saturated carbocycles. The lowest BCUT2D eigenvalue weighted by atomic mass is 9.98. The predicted molar refractivity (Wildman–Crippen MR) is 108 cm³/mol. The molecule has 0 radical (unpaired) electrons. The molecule has 2 aromatic heterocycles. The maximum atomic E-state index is 15.0. The SMILES string of the molecule is Cc1nn(CC=O)c2cccc(-c3cc4c(cnn4C(=O)CCC(N)=O)cc3F)c12.